The average molecular weight is 1030 g/mol. The number of aromatic nitrogens is 1. The fourth-order valence-corrected chi connectivity index (χ4v) is 13.5. The molecule has 81 heavy (non-hydrogen) atoms. The largest absolute Gasteiger partial charge is 0.310 e. The standard InChI is InChI=1S/C79H52N2/c1-3-15-53(16-4-1)59-39-44-64(45-40-59)80(66-48-49-70-69-21-9-13-25-75(69)79(76(70)52-66)73-23-11-7-19-67(73)68-20-8-12-24-74(68)79)65-46-41-60(42-47-65)58-33-31-55(32-34-58)54-27-29-56(30-28-54)57-35-37-61(38-36-57)62-43-50-78-72(51-62)71-22-10-14-26-77(71)81(78)63-17-5-2-6-18-63/h1-52H. The summed E-state index contributed by atoms with van der Waals surface area (Å²) < 4.78 is 2.37. The minimum absolute atomic E-state index is 0.436. The highest BCUT2D eigenvalue weighted by Crippen LogP contribution is 2.63. The molecule has 2 aliphatic carbocycles. The van der Waals surface area contributed by atoms with E-state index in [2.05, 4.69) is 325 Å². The number of benzene rings is 13. The first-order chi connectivity index (χ1) is 40.2. The molecule has 1 heterocycles. The van der Waals surface area contributed by atoms with Crippen LogP contribution in [0.1, 0.15) is 22.3 Å². The Bertz CT molecular complexity index is 4620. The van der Waals surface area contributed by atoms with Crippen LogP contribution < -0.4 is 4.90 Å². The molecule has 0 amide bonds. The molecule has 1 spiro atoms. The van der Waals surface area contributed by atoms with E-state index in [4.69, 9.17) is 0 Å². The molecule has 2 aliphatic rings. The molecule has 0 bridgehead atoms. The number of hydrogen-bond acceptors (Lipinski definition) is 1. The Morgan fingerprint density at radius 3 is 1.06 bits per heavy atom. The van der Waals surface area contributed by atoms with Crippen LogP contribution in [0.4, 0.5) is 17.1 Å². The van der Waals surface area contributed by atoms with Gasteiger partial charge in [0.2, 0.25) is 0 Å². The van der Waals surface area contributed by atoms with Crippen molar-refractivity contribution in [1.82, 2.24) is 4.57 Å². The van der Waals surface area contributed by atoms with Crippen molar-refractivity contribution in [2.45, 2.75) is 5.41 Å². The van der Waals surface area contributed by atoms with Gasteiger partial charge in [-0.2, -0.15) is 0 Å². The topological polar surface area (TPSA) is 8.17 Å². The number of para-hydroxylation sites is 2. The van der Waals surface area contributed by atoms with Gasteiger partial charge < -0.3 is 9.47 Å². The summed E-state index contributed by atoms with van der Waals surface area (Å²) >= 11 is 0. The molecule has 2 nitrogen and oxygen atoms in total. The van der Waals surface area contributed by atoms with Gasteiger partial charge >= 0.3 is 0 Å². The Labute approximate surface area is 472 Å². The van der Waals surface area contributed by atoms with E-state index >= 15 is 0 Å². The Balaban J connectivity index is 0.688. The lowest BCUT2D eigenvalue weighted by atomic mass is 9.70. The summed E-state index contributed by atoms with van der Waals surface area (Å²) in [4.78, 5) is 2.43. The lowest BCUT2D eigenvalue weighted by Gasteiger charge is -2.32. The zero-order valence-corrected chi connectivity index (χ0v) is 44.4. The van der Waals surface area contributed by atoms with Gasteiger partial charge in [-0.05, 0) is 167 Å². The summed E-state index contributed by atoms with van der Waals surface area (Å²) in [5.74, 6) is 0. The molecule has 0 radical (unpaired) electrons. The molecule has 378 valence electrons. The van der Waals surface area contributed by atoms with Gasteiger partial charge in [-0.25, -0.2) is 0 Å². The molecule has 0 unspecified atom stereocenters. The van der Waals surface area contributed by atoms with Crippen LogP contribution in [0.25, 0.3) is 105 Å². The van der Waals surface area contributed by atoms with Crippen molar-refractivity contribution in [2.75, 3.05) is 4.90 Å². The third-order valence-electron chi connectivity index (χ3n) is 17.3. The van der Waals surface area contributed by atoms with Gasteiger partial charge in [0.1, 0.15) is 0 Å². The van der Waals surface area contributed by atoms with Gasteiger partial charge in [-0.15, -0.1) is 0 Å². The maximum absolute atomic E-state index is 2.48. The van der Waals surface area contributed by atoms with Crippen LogP contribution in [-0.2, 0) is 5.41 Å². The highest BCUT2D eigenvalue weighted by molar-refractivity contribution is 6.10. The van der Waals surface area contributed by atoms with Crippen molar-refractivity contribution in [1.29, 1.82) is 0 Å². The highest BCUT2D eigenvalue weighted by atomic mass is 15.1. The second kappa shape index (κ2) is 18.8. The molecule has 0 atom stereocenters. The quantitative estimate of drug-likeness (QED) is 0.140. The number of anilines is 3. The number of nitrogens with zero attached hydrogens (tertiary/aromatic N) is 2. The van der Waals surface area contributed by atoms with Gasteiger partial charge in [-0.1, -0.05) is 249 Å². The van der Waals surface area contributed by atoms with Crippen LogP contribution in [0.15, 0.2) is 315 Å². The van der Waals surface area contributed by atoms with Crippen LogP contribution >= 0.6 is 0 Å². The molecule has 0 saturated heterocycles. The average Bonchev–Trinajstić information content (AvgIpc) is 2.22. The van der Waals surface area contributed by atoms with Crippen molar-refractivity contribution in [3.63, 3.8) is 0 Å². The summed E-state index contributed by atoms with van der Waals surface area (Å²) in [6.45, 7) is 0. The fourth-order valence-electron chi connectivity index (χ4n) is 13.5. The van der Waals surface area contributed by atoms with Gasteiger partial charge in [0.05, 0.1) is 16.4 Å². The monoisotopic (exact) mass is 1030 g/mol. The smallest absolute Gasteiger partial charge is 0.0726 e. The molecular formula is C79H52N2. The minimum atomic E-state index is -0.436. The Kier molecular flexibility index (Phi) is 10.8. The van der Waals surface area contributed by atoms with E-state index in [1.807, 2.05) is 0 Å². The van der Waals surface area contributed by atoms with Crippen LogP contribution in [0.2, 0.25) is 0 Å². The lowest BCUT2D eigenvalue weighted by molar-refractivity contribution is 0.793. The zero-order valence-electron chi connectivity index (χ0n) is 44.4. The minimum Gasteiger partial charge on any atom is -0.310 e. The third-order valence-corrected chi connectivity index (χ3v) is 17.3. The van der Waals surface area contributed by atoms with E-state index < -0.39 is 5.41 Å². The SMILES string of the molecule is c1ccc(-c2ccc(N(c3ccc(-c4ccc(-c5ccc(-c6ccc(-c7ccc8c(c7)c7ccccc7n8-c7ccccc7)cc6)cc5)cc4)cc3)c3ccc4c(c3)C3(c5ccccc5-c5ccccc53)c3ccccc3-4)cc2)cc1. The summed E-state index contributed by atoms with van der Waals surface area (Å²) in [6.07, 6.45) is 0. The molecule has 16 rings (SSSR count). The Morgan fingerprint density at radius 2 is 0.568 bits per heavy atom. The summed E-state index contributed by atoms with van der Waals surface area (Å²) in [6, 6.07) is 116. The summed E-state index contributed by atoms with van der Waals surface area (Å²) in [7, 11) is 0. The van der Waals surface area contributed by atoms with Crippen molar-refractivity contribution in [2.24, 2.45) is 0 Å². The van der Waals surface area contributed by atoms with Crippen LogP contribution in [0.5, 0.6) is 0 Å². The van der Waals surface area contributed by atoms with Crippen molar-refractivity contribution in [3.05, 3.63) is 338 Å². The van der Waals surface area contributed by atoms with Crippen molar-refractivity contribution in [3.8, 4) is 83.6 Å². The Morgan fingerprint density at radius 1 is 0.222 bits per heavy atom. The molecule has 1 aromatic heterocycles. The van der Waals surface area contributed by atoms with E-state index in [9.17, 15) is 0 Å². The third kappa shape index (κ3) is 7.49. The van der Waals surface area contributed by atoms with Gasteiger partial charge in [0, 0.05) is 33.5 Å². The van der Waals surface area contributed by atoms with E-state index in [0.29, 0.717) is 0 Å². The molecular weight excluding hydrogens is 977 g/mol. The molecule has 0 N–H and O–H groups in total. The fraction of sp³-hybridized carbons (Fsp3) is 0.0127. The first-order valence-electron chi connectivity index (χ1n) is 28.1. The van der Waals surface area contributed by atoms with Crippen molar-refractivity contribution >= 4 is 38.9 Å². The first-order valence-corrected chi connectivity index (χ1v) is 28.1. The highest BCUT2D eigenvalue weighted by Gasteiger charge is 2.51. The lowest BCUT2D eigenvalue weighted by Crippen LogP contribution is -2.26. The van der Waals surface area contributed by atoms with Gasteiger partial charge in [0.25, 0.3) is 0 Å². The van der Waals surface area contributed by atoms with Gasteiger partial charge in [0.15, 0.2) is 0 Å². The summed E-state index contributed by atoms with van der Waals surface area (Å²) in [5, 5.41) is 2.52. The summed E-state index contributed by atoms with van der Waals surface area (Å²) in [5.41, 5.74) is 29.0. The number of rotatable bonds is 9. The maximum Gasteiger partial charge on any atom is 0.0726 e. The van der Waals surface area contributed by atoms with E-state index in [0.717, 1.165) is 17.1 Å². The molecule has 0 saturated carbocycles. The van der Waals surface area contributed by atoms with Crippen LogP contribution in [0, 0.1) is 0 Å². The predicted molar refractivity (Wildman–Crippen MR) is 339 cm³/mol. The first kappa shape index (κ1) is 46.5. The van der Waals surface area contributed by atoms with Crippen LogP contribution in [0.3, 0.4) is 0 Å². The van der Waals surface area contributed by atoms with Crippen LogP contribution in [-0.4, -0.2) is 4.57 Å². The molecule has 13 aromatic carbocycles. The second-order valence-electron chi connectivity index (χ2n) is 21.6. The molecule has 14 aromatic rings. The molecule has 0 aliphatic heterocycles. The number of hydrogen-bond donors (Lipinski definition) is 0. The zero-order chi connectivity index (χ0) is 53.4. The predicted octanol–water partition coefficient (Wildman–Crippen LogP) is 20.9. The van der Waals surface area contributed by atoms with Crippen molar-refractivity contribution < 1.29 is 0 Å². The van der Waals surface area contributed by atoms with E-state index in [-0.39, 0.29) is 0 Å². The molecule has 2 heteroatoms. The number of fused-ring (bicyclic) bond motifs is 13. The maximum atomic E-state index is 2.48. The van der Waals surface area contributed by atoms with E-state index in [1.165, 1.54) is 128 Å². The van der Waals surface area contributed by atoms with Gasteiger partial charge in [-0.3, -0.25) is 0 Å². The second-order valence-corrected chi connectivity index (χ2v) is 21.6. The normalized spacial score (nSPS) is 12.5. The Hall–Kier alpha value is -10.5. The van der Waals surface area contributed by atoms with E-state index in [1.54, 1.807) is 0 Å². The molecule has 0 fully saturated rings.